The predicted octanol–water partition coefficient (Wildman–Crippen LogP) is 3.31. The predicted molar refractivity (Wildman–Crippen MR) is 65.4 cm³/mol. The Kier molecular flexibility index (Phi) is 3.37. The molecule has 1 aliphatic carbocycles. The van der Waals surface area contributed by atoms with E-state index in [1.54, 1.807) is 0 Å². The van der Waals surface area contributed by atoms with E-state index in [9.17, 15) is 5.11 Å². The van der Waals surface area contributed by atoms with E-state index in [1.165, 1.54) is 22.4 Å². The molecule has 1 saturated carbocycles. The molecule has 1 N–H and O–H groups in total. The molecule has 0 radical (unpaired) electrons. The van der Waals surface area contributed by atoms with Gasteiger partial charge in [0, 0.05) is 10.1 Å². The highest BCUT2D eigenvalue weighted by atomic mass is 32.2. The lowest BCUT2D eigenvalue weighted by Gasteiger charge is -2.15. The van der Waals surface area contributed by atoms with Gasteiger partial charge in [-0.05, 0) is 44.7 Å². The summed E-state index contributed by atoms with van der Waals surface area (Å²) in [6.07, 6.45) is 3.20. The molecule has 0 amide bonds. The quantitative estimate of drug-likeness (QED) is 0.828. The second-order valence-electron chi connectivity index (χ2n) is 4.42. The second kappa shape index (κ2) is 4.58. The monoisotopic (exact) mass is 222 g/mol. The number of benzene rings is 1. The van der Waals surface area contributed by atoms with Crippen LogP contribution >= 0.6 is 11.8 Å². The molecule has 0 aliphatic heterocycles. The maximum Gasteiger partial charge on any atom is 0.0662 e. The van der Waals surface area contributed by atoms with E-state index >= 15 is 0 Å². The van der Waals surface area contributed by atoms with Crippen molar-refractivity contribution >= 4 is 11.8 Å². The molecule has 2 rings (SSSR count). The first kappa shape index (κ1) is 11.0. The molecule has 1 aromatic carbocycles. The van der Waals surface area contributed by atoms with Crippen LogP contribution in [0.3, 0.4) is 0 Å². The minimum atomic E-state index is -0.101. The van der Waals surface area contributed by atoms with E-state index in [0.717, 1.165) is 12.8 Å². The normalized spacial score (nSPS) is 25.8. The molecule has 2 atom stereocenters. The summed E-state index contributed by atoms with van der Waals surface area (Å²) in [5, 5.41) is 10.2. The van der Waals surface area contributed by atoms with Gasteiger partial charge in [-0.1, -0.05) is 17.7 Å². The first-order valence-electron chi connectivity index (χ1n) is 5.59. The Morgan fingerprint density at radius 2 is 2.07 bits per heavy atom. The minimum Gasteiger partial charge on any atom is -0.392 e. The number of aliphatic hydroxyl groups is 1. The second-order valence-corrected chi connectivity index (χ2v) is 5.70. The molecule has 82 valence electrons. The van der Waals surface area contributed by atoms with Gasteiger partial charge < -0.3 is 5.11 Å². The van der Waals surface area contributed by atoms with Gasteiger partial charge in [-0.25, -0.2) is 0 Å². The van der Waals surface area contributed by atoms with Crippen molar-refractivity contribution in [3.05, 3.63) is 29.3 Å². The molecule has 0 saturated heterocycles. The number of rotatable bonds is 2. The summed E-state index contributed by atoms with van der Waals surface area (Å²) < 4.78 is 0. The summed E-state index contributed by atoms with van der Waals surface area (Å²) in [7, 11) is 0. The summed E-state index contributed by atoms with van der Waals surface area (Å²) in [4.78, 5) is 1.33. The number of hydrogen-bond acceptors (Lipinski definition) is 2. The molecule has 15 heavy (non-hydrogen) atoms. The van der Waals surface area contributed by atoms with Crippen molar-refractivity contribution in [3.8, 4) is 0 Å². The largest absolute Gasteiger partial charge is 0.392 e. The maximum absolute atomic E-state index is 9.77. The van der Waals surface area contributed by atoms with E-state index in [0.29, 0.717) is 5.25 Å². The lowest BCUT2D eigenvalue weighted by molar-refractivity contribution is 0.188. The standard InChI is InChI=1S/C13H18OS/c1-9-6-7-12(10(2)8-9)15-13-5-3-4-11(13)14/h6-8,11,13-14H,3-5H2,1-2H3/t11-,13-/m0/s1. The van der Waals surface area contributed by atoms with Crippen LogP contribution in [-0.4, -0.2) is 16.5 Å². The Bertz CT molecular complexity index is 348. The molecule has 0 heterocycles. The van der Waals surface area contributed by atoms with Crippen LogP contribution in [-0.2, 0) is 0 Å². The first-order chi connectivity index (χ1) is 7.16. The van der Waals surface area contributed by atoms with Crippen molar-refractivity contribution in [2.75, 3.05) is 0 Å². The summed E-state index contributed by atoms with van der Waals surface area (Å²) >= 11 is 1.84. The molecule has 1 nitrogen and oxygen atoms in total. The van der Waals surface area contributed by atoms with Crippen LogP contribution in [0.15, 0.2) is 23.1 Å². The van der Waals surface area contributed by atoms with Crippen molar-refractivity contribution in [3.63, 3.8) is 0 Å². The summed E-state index contributed by atoms with van der Waals surface area (Å²) in [5.74, 6) is 0. The zero-order valence-electron chi connectivity index (χ0n) is 9.36. The maximum atomic E-state index is 9.77. The first-order valence-corrected chi connectivity index (χ1v) is 6.47. The van der Waals surface area contributed by atoms with Crippen molar-refractivity contribution in [2.45, 2.75) is 49.4 Å². The van der Waals surface area contributed by atoms with Gasteiger partial charge in [-0.15, -0.1) is 11.8 Å². The van der Waals surface area contributed by atoms with Crippen LogP contribution in [0.1, 0.15) is 30.4 Å². The fourth-order valence-corrected chi connectivity index (χ4v) is 3.43. The van der Waals surface area contributed by atoms with Gasteiger partial charge in [-0.3, -0.25) is 0 Å². The van der Waals surface area contributed by atoms with E-state index in [1.807, 2.05) is 11.8 Å². The Balaban J connectivity index is 2.10. The number of aryl methyl sites for hydroxylation is 2. The molecule has 0 spiro atoms. The third kappa shape index (κ3) is 2.56. The molecular weight excluding hydrogens is 204 g/mol. The summed E-state index contributed by atoms with van der Waals surface area (Å²) in [5.41, 5.74) is 2.64. The van der Waals surface area contributed by atoms with Crippen LogP contribution in [0, 0.1) is 13.8 Å². The van der Waals surface area contributed by atoms with Gasteiger partial charge in [-0.2, -0.15) is 0 Å². The average Bonchev–Trinajstić information content (AvgIpc) is 2.57. The van der Waals surface area contributed by atoms with E-state index in [4.69, 9.17) is 0 Å². The lowest BCUT2D eigenvalue weighted by atomic mass is 10.2. The van der Waals surface area contributed by atoms with Gasteiger partial charge in [0.05, 0.1) is 6.10 Å². The SMILES string of the molecule is Cc1ccc(S[C@H]2CCC[C@@H]2O)c(C)c1. The van der Waals surface area contributed by atoms with Gasteiger partial charge in [0.25, 0.3) is 0 Å². The molecule has 1 aromatic rings. The van der Waals surface area contributed by atoms with Crippen molar-refractivity contribution in [1.82, 2.24) is 0 Å². The van der Waals surface area contributed by atoms with Crippen molar-refractivity contribution in [1.29, 1.82) is 0 Å². The zero-order chi connectivity index (χ0) is 10.8. The van der Waals surface area contributed by atoms with Crippen LogP contribution in [0.5, 0.6) is 0 Å². The highest BCUT2D eigenvalue weighted by molar-refractivity contribution is 8.00. The van der Waals surface area contributed by atoms with Gasteiger partial charge in [0.2, 0.25) is 0 Å². The van der Waals surface area contributed by atoms with Crippen LogP contribution in [0.25, 0.3) is 0 Å². The topological polar surface area (TPSA) is 20.2 Å². The highest BCUT2D eigenvalue weighted by Gasteiger charge is 2.26. The van der Waals surface area contributed by atoms with Crippen LogP contribution in [0.4, 0.5) is 0 Å². The Hall–Kier alpha value is -0.470. The zero-order valence-corrected chi connectivity index (χ0v) is 10.2. The van der Waals surface area contributed by atoms with Crippen LogP contribution < -0.4 is 0 Å². The summed E-state index contributed by atoms with van der Waals surface area (Å²) in [6.45, 7) is 4.27. The number of thioether (sulfide) groups is 1. The van der Waals surface area contributed by atoms with Crippen molar-refractivity contribution in [2.24, 2.45) is 0 Å². The van der Waals surface area contributed by atoms with Gasteiger partial charge in [0.1, 0.15) is 0 Å². The lowest BCUT2D eigenvalue weighted by Crippen LogP contribution is -2.15. The molecule has 0 aromatic heterocycles. The van der Waals surface area contributed by atoms with E-state index in [2.05, 4.69) is 32.0 Å². The third-order valence-electron chi connectivity index (χ3n) is 3.03. The minimum absolute atomic E-state index is 0.101. The highest BCUT2D eigenvalue weighted by Crippen LogP contribution is 2.36. The van der Waals surface area contributed by atoms with Crippen LogP contribution in [0.2, 0.25) is 0 Å². The molecule has 2 heteroatoms. The number of aliphatic hydroxyl groups excluding tert-OH is 1. The smallest absolute Gasteiger partial charge is 0.0662 e. The molecule has 1 aliphatic rings. The Labute approximate surface area is 95.9 Å². The molecular formula is C13H18OS. The van der Waals surface area contributed by atoms with Gasteiger partial charge in [0.15, 0.2) is 0 Å². The fourth-order valence-electron chi connectivity index (χ4n) is 2.14. The Morgan fingerprint density at radius 1 is 1.27 bits per heavy atom. The average molecular weight is 222 g/mol. The molecule has 1 fully saturated rings. The Morgan fingerprint density at radius 3 is 2.67 bits per heavy atom. The third-order valence-corrected chi connectivity index (χ3v) is 4.59. The fraction of sp³-hybridized carbons (Fsp3) is 0.538. The van der Waals surface area contributed by atoms with E-state index < -0.39 is 0 Å². The van der Waals surface area contributed by atoms with E-state index in [-0.39, 0.29) is 6.10 Å². The summed E-state index contributed by atoms with van der Waals surface area (Å²) in [6, 6.07) is 6.54. The molecule has 0 unspecified atom stereocenters. The van der Waals surface area contributed by atoms with Crippen molar-refractivity contribution < 1.29 is 5.11 Å². The molecule has 0 bridgehead atoms. The number of hydrogen-bond donors (Lipinski definition) is 1. The van der Waals surface area contributed by atoms with Gasteiger partial charge >= 0.3 is 0 Å².